The van der Waals surface area contributed by atoms with E-state index < -0.39 is 0 Å². The zero-order chi connectivity index (χ0) is 9.64. The molecule has 0 radical (unpaired) electrons. The van der Waals surface area contributed by atoms with Crippen molar-refractivity contribution in [2.75, 3.05) is 13.1 Å². The molecule has 0 aliphatic carbocycles. The Bertz CT molecular complexity index is 254. The number of ether oxygens (including phenoxy) is 1. The number of rotatable bonds is 3. The van der Waals surface area contributed by atoms with Crippen molar-refractivity contribution in [2.24, 2.45) is 0 Å². The van der Waals surface area contributed by atoms with Gasteiger partial charge in [0.15, 0.2) is 0 Å². The number of benzene rings is 1. The van der Waals surface area contributed by atoms with Crippen LogP contribution in [0.5, 0.6) is 0 Å². The molecular weight excluding hydrogens is 174 g/mol. The van der Waals surface area contributed by atoms with Gasteiger partial charge in [0.1, 0.15) is 0 Å². The first-order valence-electron chi connectivity index (χ1n) is 5.42. The van der Waals surface area contributed by atoms with Crippen LogP contribution in [-0.4, -0.2) is 19.2 Å². The summed E-state index contributed by atoms with van der Waals surface area (Å²) in [4.78, 5) is 0. The second kappa shape index (κ2) is 5.13. The molecule has 0 atom stereocenters. The van der Waals surface area contributed by atoms with Crippen LogP contribution >= 0.6 is 0 Å². The van der Waals surface area contributed by atoms with Gasteiger partial charge >= 0.3 is 0 Å². The third kappa shape index (κ3) is 2.82. The van der Waals surface area contributed by atoms with E-state index >= 15 is 0 Å². The van der Waals surface area contributed by atoms with Gasteiger partial charge in [0.25, 0.3) is 0 Å². The SMILES string of the molecule is c1ccc(COC2CC[NH2+]CC2)cc1. The van der Waals surface area contributed by atoms with Crippen molar-refractivity contribution >= 4 is 0 Å². The Labute approximate surface area is 85.3 Å². The lowest BCUT2D eigenvalue weighted by atomic mass is 10.1. The number of piperidine rings is 1. The normalized spacial score (nSPS) is 18.3. The minimum absolute atomic E-state index is 0.486. The Kier molecular flexibility index (Phi) is 3.55. The van der Waals surface area contributed by atoms with Crippen LogP contribution in [0.1, 0.15) is 18.4 Å². The summed E-state index contributed by atoms with van der Waals surface area (Å²) in [5, 5.41) is 2.36. The third-order valence-electron chi connectivity index (χ3n) is 2.71. The quantitative estimate of drug-likeness (QED) is 0.757. The van der Waals surface area contributed by atoms with Crippen LogP contribution in [0.25, 0.3) is 0 Å². The van der Waals surface area contributed by atoms with Gasteiger partial charge in [-0.3, -0.25) is 0 Å². The first kappa shape index (κ1) is 9.69. The topological polar surface area (TPSA) is 25.8 Å². The third-order valence-corrected chi connectivity index (χ3v) is 2.71. The van der Waals surface area contributed by atoms with Crippen LogP contribution in [0.2, 0.25) is 0 Å². The molecule has 76 valence electrons. The molecule has 0 bridgehead atoms. The van der Waals surface area contributed by atoms with Crippen molar-refractivity contribution in [2.45, 2.75) is 25.6 Å². The van der Waals surface area contributed by atoms with Crippen LogP contribution in [0.4, 0.5) is 0 Å². The van der Waals surface area contributed by atoms with E-state index in [1.807, 2.05) is 6.07 Å². The molecule has 0 spiro atoms. The average molecular weight is 192 g/mol. The summed E-state index contributed by atoms with van der Waals surface area (Å²) in [7, 11) is 0. The smallest absolute Gasteiger partial charge is 0.0780 e. The Morgan fingerprint density at radius 2 is 1.86 bits per heavy atom. The highest BCUT2D eigenvalue weighted by atomic mass is 16.5. The first-order valence-corrected chi connectivity index (χ1v) is 5.42. The monoisotopic (exact) mass is 192 g/mol. The summed E-state index contributed by atoms with van der Waals surface area (Å²) in [6.07, 6.45) is 2.89. The molecular formula is C12H18NO+. The molecule has 0 amide bonds. The highest BCUT2D eigenvalue weighted by Gasteiger charge is 2.15. The Morgan fingerprint density at radius 1 is 1.14 bits per heavy atom. The predicted octanol–water partition coefficient (Wildman–Crippen LogP) is 0.929. The van der Waals surface area contributed by atoms with Crippen LogP contribution < -0.4 is 5.32 Å². The zero-order valence-electron chi connectivity index (χ0n) is 8.49. The summed E-state index contributed by atoms with van der Waals surface area (Å²) < 4.78 is 5.85. The number of hydrogen-bond acceptors (Lipinski definition) is 1. The Morgan fingerprint density at radius 3 is 2.57 bits per heavy atom. The van der Waals surface area contributed by atoms with E-state index in [1.54, 1.807) is 0 Å². The van der Waals surface area contributed by atoms with Crippen LogP contribution in [0, 0.1) is 0 Å². The van der Waals surface area contributed by atoms with Crippen molar-refractivity contribution < 1.29 is 10.1 Å². The molecule has 14 heavy (non-hydrogen) atoms. The van der Waals surface area contributed by atoms with Gasteiger partial charge in [-0.15, -0.1) is 0 Å². The first-order chi connectivity index (χ1) is 6.95. The van der Waals surface area contributed by atoms with E-state index in [4.69, 9.17) is 4.74 Å². The molecule has 1 aromatic carbocycles. The maximum atomic E-state index is 5.85. The minimum atomic E-state index is 0.486. The van der Waals surface area contributed by atoms with Gasteiger partial charge in [0, 0.05) is 12.8 Å². The molecule has 2 rings (SSSR count). The van der Waals surface area contributed by atoms with E-state index in [1.165, 1.54) is 31.5 Å². The molecule has 1 saturated heterocycles. The summed E-state index contributed by atoms with van der Waals surface area (Å²) >= 11 is 0. The lowest BCUT2D eigenvalue weighted by Crippen LogP contribution is -2.86. The highest BCUT2D eigenvalue weighted by Crippen LogP contribution is 2.08. The Balaban J connectivity index is 1.76. The molecule has 2 nitrogen and oxygen atoms in total. The van der Waals surface area contributed by atoms with E-state index in [2.05, 4.69) is 29.6 Å². The maximum Gasteiger partial charge on any atom is 0.0780 e. The average Bonchev–Trinajstić information content (AvgIpc) is 2.29. The molecule has 1 heterocycles. The Hall–Kier alpha value is -0.860. The molecule has 0 unspecified atom stereocenters. The largest absolute Gasteiger partial charge is 0.373 e. The van der Waals surface area contributed by atoms with Crippen molar-refractivity contribution in [3.8, 4) is 0 Å². The van der Waals surface area contributed by atoms with Gasteiger partial charge in [-0.25, -0.2) is 0 Å². The number of hydrogen-bond donors (Lipinski definition) is 1. The van der Waals surface area contributed by atoms with Crippen molar-refractivity contribution in [3.05, 3.63) is 35.9 Å². The minimum Gasteiger partial charge on any atom is -0.373 e. The summed E-state index contributed by atoms with van der Waals surface area (Å²) in [6, 6.07) is 10.4. The van der Waals surface area contributed by atoms with Gasteiger partial charge in [0.05, 0.1) is 25.8 Å². The second-order valence-electron chi connectivity index (χ2n) is 3.86. The van der Waals surface area contributed by atoms with E-state index in [0.29, 0.717) is 6.10 Å². The van der Waals surface area contributed by atoms with E-state index in [0.717, 1.165) is 6.61 Å². The van der Waals surface area contributed by atoms with Gasteiger partial charge in [-0.2, -0.15) is 0 Å². The lowest BCUT2D eigenvalue weighted by Gasteiger charge is -2.20. The van der Waals surface area contributed by atoms with Crippen LogP contribution in [0.3, 0.4) is 0 Å². The number of nitrogens with two attached hydrogens (primary N) is 1. The second-order valence-corrected chi connectivity index (χ2v) is 3.86. The highest BCUT2D eigenvalue weighted by molar-refractivity contribution is 5.13. The number of quaternary nitrogens is 1. The molecule has 2 heteroatoms. The molecule has 0 aromatic heterocycles. The van der Waals surface area contributed by atoms with Gasteiger partial charge in [0.2, 0.25) is 0 Å². The van der Waals surface area contributed by atoms with Gasteiger partial charge < -0.3 is 10.1 Å². The van der Waals surface area contributed by atoms with Gasteiger partial charge in [-0.05, 0) is 5.56 Å². The summed E-state index contributed by atoms with van der Waals surface area (Å²) in [6.45, 7) is 3.21. The van der Waals surface area contributed by atoms with E-state index in [9.17, 15) is 0 Å². The standard InChI is InChI=1S/C12H17NO/c1-2-4-11(5-3-1)10-14-12-6-8-13-9-7-12/h1-5,12-13H,6-10H2/p+1. The maximum absolute atomic E-state index is 5.85. The molecule has 1 fully saturated rings. The zero-order valence-corrected chi connectivity index (χ0v) is 8.49. The molecule has 0 saturated carbocycles. The fourth-order valence-electron chi connectivity index (χ4n) is 1.85. The fraction of sp³-hybridized carbons (Fsp3) is 0.500. The summed E-state index contributed by atoms with van der Waals surface area (Å²) in [5.41, 5.74) is 1.28. The lowest BCUT2D eigenvalue weighted by molar-refractivity contribution is -0.665. The fourth-order valence-corrected chi connectivity index (χ4v) is 1.85. The molecule has 1 aromatic rings. The molecule has 1 aliphatic rings. The van der Waals surface area contributed by atoms with Crippen molar-refractivity contribution in [3.63, 3.8) is 0 Å². The van der Waals surface area contributed by atoms with Crippen molar-refractivity contribution in [1.29, 1.82) is 0 Å². The van der Waals surface area contributed by atoms with E-state index in [-0.39, 0.29) is 0 Å². The van der Waals surface area contributed by atoms with Crippen LogP contribution in [-0.2, 0) is 11.3 Å². The van der Waals surface area contributed by atoms with Gasteiger partial charge in [-0.1, -0.05) is 30.3 Å². The summed E-state index contributed by atoms with van der Waals surface area (Å²) in [5.74, 6) is 0. The molecule has 1 aliphatic heterocycles. The molecule has 2 N–H and O–H groups in total. The van der Waals surface area contributed by atoms with Crippen LogP contribution in [0.15, 0.2) is 30.3 Å². The predicted molar refractivity (Wildman–Crippen MR) is 55.9 cm³/mol. The van der Waals surface area contributed by atoms with Crippen molar-refractivity contribution in [1.82, 2.24) is 0 Å².